The summed E-state index contributed by atoms with van der Waals surface area (Å²) in [7, 11) is 0. The molecule has 0 radical (unpaired) electrons. The monoisotopic (exact) mass is 406 g/mol. The Balaban J connectivity index is 1.56. The van der Waals surface area contributed by atoms with E-state index < -0.39 is 0 Å². The molecule has 2 aromatic carbocycles. The second kappa shape index (κ2) is 6.39. The number of nitrogens with one attached hydrogen (secondary N) is 1. The van der Waals surface area contributed by atoms with Gasteiger partial charge in [0.15, 0.2) is 0 Å². The Morgan fingerprint density at radius 3 is 2.75 bits per heavy atom. The zero-order chi connectivity index (χ0) is 16.5. The molecule has 0 atom stereocenters. The van der Waals surface area contributed by atoms with Crippen LogP contribution in [0.3, 0.4) is 0 Å². The summed E-state index contributed by atoms with van der Waals surface area (Å²) in [6.07, 6.45) is 0. The summed E-state index contributed by atoms with van der Waals surface area (Å²) in [6.45, 7) is 0. The number of benzene rings is 2. The number of fused-ring (bicyclic) bond motifs is 1. The van der Waals surface area contributed by atoms with Crippen molar-refractivity contribution in [1.29, 1.82) is 0 Å². The van der Waals surface area contributed by atoms with E-state index in [1.165, 1.54) is 23.9 Å². The predicted octanol–water partition coefficient (Wildman–Crippen LogP) is 2.60. The van der Waals surface area contributed by atoms with E-state index in [1.807, 2.05) is 24.3 Å². The molecule has 0 amide bonds. The minimum absolute atomic E-state index is 0.0446. The Hall–Kier alpha value is -2.15. The molecular formula is C16H11FN4OSSe. The van der Waals surface area contributed by atoms with E-state index in [4.69, 9.17) is 0 Å². The average molecular weight is 405 g/mol. The van der Waals surface area contributed by atoms with Gasteiger partial charge >= 0.3 is 146 Å². The van der Waals surface area contributed by atoms with Crippen LogP contribution in [0.5, 0.6) is 0 Å². The van der Waals surface area contributed by atoms with Gasteiger partial charge in [0.2, 0.25) is 0 Å². The Labute approximate surface area is 146 Å². The van der Waals surface area contributed by atoms with E-state index >= 15 is 0 Å². The average Bonchev–Trinajstić information content (AvgIpc) is 3.19. The van der Waals surface area contributed by atoms with Crippen molar-refractivity contribution in [2.24, 2.45) is 0 Å². The Bertz CT molecular complexity index is 1050. The molecule has 0 spiro atoms. The maximum absolute atomic E-state index is 12.9. The van der Waals surface area contributed by atoms with Crippen molar-refractivity contribution in [2.45, 2.75) is 10.9 Å². The first kappa shape index (κ1) is 15.4. The summed E-state index contributed by atoms with van der Waals surface area (Å²) < 4.78 is 15.6. The van der Waals surface area contributed by atoms with Gasteiger partial charge in [0.1, 0.15) is 0 Å². The predicted molar refractivity (Wildman–Crippen MR) is 92.4 cm³/mol. The molecule has 0 bridgehead atoms. The number of halogens is 1. The SMILES string of the molecule is O=c1c2ccccc2[se]n1-c1nc(SCc2ccc(F)cc2)n[nH]1. The summed E-state index contributed by atoms with van der Waals surface area (Å²) >= 11 is 1.30. The molecule has 0 fully saturated rings. The van der Waals surface area contributed by atoms with Gasteiger partial charge in [0, 0.05) is 0 Å². The molecule has 0 saturated carbocycles. The molecule has 4 rings (SSSR count). The molecule has 120 valence electrons. The zero-order valence-corrected chi connectivity index (χ0v) is 14.8. The van der Waals surface area contributed by atoms with Crippen LogP contribution in [-0.2, 0) is 5.75 Å². The third-order valence-electron chi connectivity index (χ3n) is 3.42. The van der Waals surface area contributed by atoms with Crippen LogP contribution in [0.25, 0.3) is 15.6 Å². The topological polar surface area (TPSA) is 63.6 Å². The quantitative estimate of drug-likeness (QED) is 0.419. The van der Waals surface area contributed by atoms with Crippen LogP contribution < -0.4 is 5.56 Å². The van der Waals surface area contributed by atoms with E-state index in [9.17, 15) is 9.18 Å². The molecule has 5 nitrogen and oxygen atoms in total. The standard InChI is InChI=1S/C16H11FN4OSSe/c17-11-7-5-10(6-8-11)9-23-16-18-15(19-20-16)21-14(22)12-3-1-2-4-13(12)24-21/h1-8H,9H2,(H,18,19,20). The summed E-state index contributed by atoms with van der Waals surface area (Å²) in [4.78, 5) is 16.8. The van der Waals surface area contributed by atoms with Crippen LogP contribution in [-0.4, -0.2) is 33.5 Å². The van der Waals surface area contributed by atoms with Crippen molar-refractivity contribution < 1.29 is 4.39 Å². The number of H-pyrrole nitrogens is 1. The fourth-order valence-electron chi connectivity index (χ4n) is 2.23. The van der Waals surface area contributed by atoms with Crippen LogP contribution in [0.1, 0.15) is 5.56 Å². The van der Waals surface area contributed by atoms with Gasteiger partial charge in [-0.15, -0.1) is 0 Å². The van der Waals surface area contributed by atoms with Gasteiger partial charge in [0.05, 0.1) is 0 Å². The third-order valence-corrected chi connectivity index (χ3v) is 6.59. The Kier molecular flexibility index (Phi) is 4.10. The number of aromatic nitrogens is 4. The van der Waals surface area contributed by atoms with Crippen molar-refractivity contribution in [3.63, 3.8) is 0 Å². The second-order valence-corrected chi connectivity index (χ2v) is 8.06. The van der Waals surface area contributed by atoms with Crippen molar-refractivity contribution >= 4 is 36.1 Å². The van der Waals surface area contributed by atoms with Gasteiger partial charge in [-0.05, 0) is 0 Å². The molecule has 1 N–H and O–H groups in total. The Morgan fingerprint density at radius 1 is 1.17 bits per heavy atom. The zero-order valence-electron chi connectivity index (χ0n) is 12.3. The molecule has 0 saturated heterocycles. The van der Waals surface area contributed by atoms with Crippen LogP contribution in [0.15, 0.2) is 58.5 Å². The van der Waals surface area contributed by atoms with E-state index in [0.717, 1.165) is 15.2 Å². The van der Waals surface area contributed by atoms with Crippen molar-refractivity contribution in [1.82, 2.24) is 18.7 Å². The van der Waals surface area contributed by atoms with E-state index in [-0.39, 0.29) is 26.1 Å². The van der Waals surface area contributed by atoms with Gasteiger partial charge in [-0.1, -0.05) is 0 Å². The number of aromatic amines is 1. The molecule has 2 heterocycles. The van der Waals surface area contributed by atoms with Gasteiger partial charge in [-0.2, -0.15) is 0 Å². The van der Waals surface area contributed by atoms with Crippen LogP contribution in [0.4, 0.5) is 4.39 Å². The van der Waals surface area contributed by atoms with Gasteiger partial charge < -0.3 is 0 Å². The molecule has 0 aliphatic rings. The van der Waals surface area contributed by atoms with Crippen molar-refractivity contribution in [3.8, 4) is 5.95 Å². The van der Waals surface area contributed by atoms with Crippen LogP contribution >= 0.6 is 11.8 Å². The first-order valence-corrected chi connectivity index (χ1v) is 9.72. The maximum atomic E-state index is 12.9. The molecule has 0 unspecified atom stereocenters. The Morgan fingerprint density at radius 2 is 1.96 bits per heavy atom. The van der Waals surface area contributed by atoms with Crippen molar-refractivity contribution in [2.75, 3.05) is 0 Å². The van der Waals surface area contributed by atoms with E-state index in [0.29, 0.717) is 16.9 Å². The minimum atomic E-state index is -0.252. The summed E-state index contributed by atoms with van der Waals surface area (Å²) in [5.41, 5.74) is 0.943. The fraction of sp³-hybridized carbons (Fsp3) is 0.0625. The summed E-state index contributed by atoms with van der Waals surface area (Å²) in [5, 5.41) is 8.29. The molecule has 4 aromatic rings. The number of hydrogen-bond acceptors (Lipinski definition) is 4. The number of nitrogens with zero attached hydrogens (tertiary/aromatic N) is 3. The molecule has 2 aromatic heterocycles. The van der Waals surface area contributed by atoms with Crippen molar-refractivity contribution in [3.05, 3.63) is 70.3 Å². The summed E-state index contributed by atoms with van der Waals surface area (Å²) in [5.74, 6) is 0.854. The molecule has 0 aliphatic carbocycles. The molecule has 0 aliphatic heterocycles. The van der Waals surface area contributed by atoms with E-state index in [1.54, 1.807) is 15.7 Å². The van der Waals surface area contributed by atoms with E-state index in [2.05, 4.69) is 15.2 Å². The second-order valence-electron chi connectivity index (χ2n) is 5.04. The molecule has 8 heteroatoms. The third kappa shape index (κ3) is 2.96. The van der Waals surface area contributed by atoms with Crippen LogP contribution in [0, 0.1) is 5.82 Å². The van der Waals surface area contributed by atoms with Gasteiger partial charge in [-0.25, -0.2) is 0 Å². The number of hydrogen-bond donors (Lipinski definition) is 1. The number of thioether (sulfide) groups is 1. The number of rotatable bonds is 4. The van der Waals surface area contributed by atoms with Crippen LogP contribution in [0.2, 0.25) is 0 Å². The van der Waals surface area contributed by atoms with Gasteiger partial charge in [0.25, 0.3) is 0 Å². The summed E-state index contributed by atoms with van der Waals surface area (Å²) in [6, 6.07) is 13.9. The fourth-order valence-corrected chi connectivity index (χ4v) is 4.95. The molecular weight excluding hydrogens is 394 g/mol. The van der Waals surface area contributed by atoms with Gasteiger partial charge in [-0.3, -0.25) is 0 Å². The first-order valence-electron chi connectivity index (χ1n) is 7.12. The molecule has 24 heavy (non-hydrogen) atoms. The normalized spacial score (nSPS) is 11.2. The first-order chi connectivity index (χ1) is 11.7.